The summed E-state index contributed by atoms with van der Waals surface area (Å²) < 4.78 is 23.0. The smallest absolute Gasteiger partial charge is 0.220 e. The molecule has 12 atom stereocenters. The van der Waals surface area contributed by atoms with Crippen LogP contribution in [0.25, 0.3) is 0 Å². The standard InChI is InChI=1S/C82H147NO13/c1-3-5-7-9-11-13-15-17-19-21-23-25-27-29-31-32-33-34-35-36-37-38-40-42-44-46-48-50-52-54-56-58-60-62-64-66-74(87)83-70(69-93-81-79(92)77(90)80(73(68-85)95-81)96-82-78(91)76(89)75(88)72(67-84)94-82)71(86)65-63-61-59-57-55-53-51-49-47-45-43-41-39-30-28-26-24-22-20-18-16-14-12-10-8-6-4-2/h5,7,11,13,17,19,23,25,29,31,33-34,36-37,70-73,75-82,84-86,88-92H,3-4,6,8-10,12,14-16,18,20-22,24,26-28,30,32,35,38-69H2,1-2H3,(H,83,87)/b7-5-,13-11-,19-17-,25-23-,31-29-,34-33-,37-36-. The second-order valence-corrected chi connectivity index (χ2v) is 27.8. The van der Waals surface area contributed by atoms with E-state index in [-0.39, 0.29) is 12.5 Å². The predicted molar refractivity (Wildman–Crippen MR) is 396 cm³/mol. The Labute approximate surface area is 586 Å². The molecule has 0 aromatic heterocycles. The van der Waals surface area contributed by atoms with Gasteiger partial charge in [0.1, 0.15) is 48.8 Å². The van der Waals surface area contributed by atoms with E-state index < -0.39 is 86.8 Å². The van der Waals surface area contributed by atoms with Gasteiger partial charge in [0.15, 0.2) is 12.6 Å². The SMILES string of the molecule is CC/C=C\C/C=C\C/C=C\C/C=C\C/C=C\C/C=C\C/C=C\CCCCCCCCCCCCCCCC(=O)NC(COC1OC(CO)C(OC2OC(CO)C(O)C(O)C2O)C(O)C1O)C(O)CCCCCCCCCCCCCCCCCCCCCCCCCCCCC. The number of hydrogen-bond donors (Lipinski definition) is 9. The highest BCUT2D eigenvalue weighted by atomic mass is 16.7. The molecular formula is C82H147NO13. The Morgan fingerprint density at radius 1 is 0.385 bits per heavy atom. The Hall–Kier alpha value is -2.83. The number of rotatable bonds is 66. The lowest BCUT2D eigenvalue weighted by atomic mass is 9.97. The zero-order chi connectivity index (χ0) is 69.4. The van der Waals surface area contributed by atoms with Gasteiger partial charge in [-0.2, -0.15) is 0 Å². The molecule has 0 spiro atoms. The van der Waals surface area contributed by atoms with Gasteiger partial charge >= 0.3 is 0 Å². The highest BCUT2D eigenvalue weighted by molar-refractivity contribution is 5.76. The predicted octanol–water partition coefficient (Wildman–Crippen LogP) is 17.9. The molecule has 96 heavy (non-hydrogen) atoms. The van der Waals surface area contributed by atoms with Crippen molar-refractivity contribution in [3.63, 3.8) is 0 Å². The van der Waals surface area contributed by atoms with Crippen molar-refractivity contribution in [1.82, 2.24) is 5.32 Å². The lowest BCUT2D eigenvalue weighted by Gasteiger charge is -2.46. The molecule has 9 N–H and O–H groups in total. The number of amides is 1. The van der Waals surface area contributed by atoms with Crippen LogP contribution in [0.2, 0.25) is 0 Å². The van der Waals surface area contributed by atoms with E-state index in [1.807, 2.05) is 0 Å². The van der Waals surface area contributed by atoms with Crippen LogP contribution in [0, 0.1) is 0 Å². The molecule has 2 saturated heterocycles. The first kappa shape index (κ1) is 89.3. The summed E-state index contributed by atoms with van der Waals surface area (Å²) >= 11 is 0. The van der Waals surface area contributed by atoms with Crippen LogP contribution in [-0.2, 0) is 23.7 Å². The Bertz CT molecular complexity index is 1940. The minimum Gasteiger partial charge on any atom is -0.394 e. The van der Waals surface area contributed by atoms with Crippen LogP contribution in [0.3, 0.4) is 0 Å². The molecule has 2 aliphatic rings. The summed E-state index contributed by atoms with van der Waals surface area (Å²) in [5.41, 5.74) is 0. The van der Waals surface area contributed by atoms with Crippen molar-refractivity contribution >= 4 is 5.91 Å². The first-order chi connectivity index (χ1) is 47.1. The average molecular weight is 1360 g/mol. The van der Waals surface area contributed by atoms with Gasteiger partial charge in [-0.15, -0.1) is 0 Å². The van der Waals surface area contributed by atoms with Crippen LogP contribution in [0.4, 0.5) is 0 Å². The molecule has 14 nitrogen and oxygen atoms in total. The van der Waals surface area contributed by atoms with Gasteiger partial charge in [0, 0.05) is 6.42 Å². The third-order valence-corrected chi connectivity index (χ3v) is 19.1. The molecule has 0 saturated carbocycles. The molecule has 14 heteroatoms. The van der Waals surface area contributed by atoms with Crippen molar-refractivity contribution in [3.05, 3.63) is 85.1 Å². The maximum absolute atomic E-state index is 13.4. The molecule has 0 aromatic carbocycles. The fourth-order valence-corrected chi connectivity index (χ4v) is 12.9. The lowest BCUT2D eigenvalue weighted by Crippen LogP contribution is -2.65. The van der Waals surface area contributed by atoms with E-state index >= 15 is 0 Å². The van der Waals surface area contributed by atoms with E-state index in [1.165, 1.54) is 205 Å². The zero-order valence-electron chi connectivity index (χ0n) is 61.1. The Morgan fingerprint density at radius 3 is 1.10 bits per heavy atom. The summed E-state index contributed by atoms with van der Waals surface area (Å²) in [4.78, 5) is 13.4. The molecule has 2 heterocycles. The van der Waals surface area contributed by atoms with Crippen LogP contribution >= 0.6 is 0 Å². The fourth-order valence-electron chi connectivity index (χ4n) is 12.9. The largest absolute Gasteiger partial charge is 0.394 e. The van der Waals surface area contributed by atoms with Gasteiger partial charge in [-0.3, -0.25) is 4.79 Å². The number of carbonyl (C=O) groups is 1. The molecule has 0 bridgehead atoms. The highest BCUT2D eigenvalue weighted by Gasteiger charge is 2.51. The number of nitrogens with one attached hydrogen (secondary N) is 1. The van der Waals surface area contributed by atoms with Gasteiger partial charge in [-0.1, -0.05) is 343 Å². The number of allylic oxidation sites excluding steroid dienone is 14. The van der Waals surface area contributed by atoms with Gasteiger partial charge in [0.25, 0.3) is 0 Å². The number of aliphatic hydroxyl groups excluding tert-OH is 8. The molecule has 558 valence electrons. The molecule has 2 fully saturated rings. The van der Waals surface area contributed by atoms with Crippen molar-refractivity contribution < 1.29 is 64.6 Å². The number of aliphatic hydroxyl groups is 8. The Kier molecular flexibility index (Phi) is 60.9. The van der Waals surface area contributed by atoms with Crippen LogP contribution in [-0.4, -0.2) is 140 Å². The normalized spacial score (nSPS) is 22.7. The molecular weight excluding hydrogens is 1210 g/mol. The Morgan fingerprint density at radius 2 is 0.719 bits per heavy atom. The second-order valence-electron chi connectivity index (χ2n) is 27.8. The molecule has 0 radical (unpaired) electrons. The third kappa shape index (κ3) is 48.1. The Balaban J connectivity index is 1.62. The lowest BCUT2D eigenvalue weighted by molar-refractivity contribution is -0.359. The summed E-state index contributed by atoms with van der Waals surface area (Å²) in [5, 5.41) is 87.9. The van der Waals surface area contributed by atoms with E-state index in [1.54, 1.807) is 0 Å². The molecule has 2 rings (SSSR count). The van der Waals surface area contributed by atoms with Gasteiger partial charge < -0.3 is 65.1 Å². The van der Waals surface area contributed by atoms with E-state index in [0.29, 0.717) is 12.8 Å². The second kappa shape index (κ2) is 65.5. The minimum absolute atomic E-state index is 0.206. The number of ether oxygens (including phenoxy) is 4. The number of unbranched alkanes of at least 4 members (excludes halogenated alkanes) is 39. The van der Waals surface area contributed by atoms with Crippen LogP contribution in [0.5, 0.6) is 0 Å². The van der Waals surface area contributed by atoms with Crippen molar-refractivity contribution in [2.75, 3.05) is 19.8 Å². The van der Waals surface area contributed by atoms with E-state index in [2.05, 4.69) is 104 Å². The first-order valence-corrected chi connectivity index (χ1v) is 39.8. The molecule has 1 amide bonds. The molecule has 0 aliphatic carbocycles. The summed E-state index contributed by atoms with van der Waals surface area (Å²) in [5.74, 6) is -0.206. The van der Waals surface area contributed by atoms with Crippen LogP contribution in [0.15, 0.2) is 85.1 Å². The molecule has 0 aromatic rings. The van der Waals surface area contributed by atoms with Crippen LogP contribution < -0.4 is 5.32 Å². The summed E-state index contributed by atoms with van der Waals surface area (Å²) in [6.07, 6.45) is 74.7. The molecule has 12 unspecified atom stereocenters. The highest BCUT2D eigenvalue weighted by Crippen LogP contribution is 2.30. The van der Waals surface area contributed by atoms with E-state index in [0.717, 1.165) is 103 Å². The zero-order valence-corrected chi connectivity index (χ0v) is 61.1. The van der Waals surface area contributed by atoms with E-state index in [4.69, 9.17) is 18.9 Å². The fraction of sp³-hybridized carbons (Fsp3) is 0.817. The van der Waals surface area contributed by atoms with Crippen molar-refractivity contribution in [2.24, 2.45) is 0 Å². The maximum Gasteiger partial charge on any atom is 0.220 e. The third-order valence-electron chi connectivity index (χ3n) is 19.1. The van der Waals surface area contributed by atoms with Crippen molar-refractivity contribution in [1.29, 1.82) is 0 Å². The summed E-state index contributed by atoms with van der Waals surface area (Å²) in [7, 11) is 0. The van der Waals surface area contributed by atoms with Crippen molar-refractivity contribution in [3.8, 4) is 0 Å². The minimum atomic E-state index is -1.79. The van der Waals surface area contributed by atoms with E-state index in [9.17, 15) is 45.6 Å². The summed E-state index contributed by atoms with van der Waals surface area (Å²) in [6.45, 7) is 2.79. The number of carbonyl (C=O) groups excluding carboxylic acids is 1. The first-order valence-electron chi connectivity index (χ1n) is 39.8. The molecule has 2 aliphatic heterocycles. The topological polar surface area (TPSA) is 228 Å². The van der Waals surface area contributed by atoms with Gasteiger partial charge in [-0.05, 0) is 70.6 Å². The quantitative estimate of drug-likeness (QED) is 0.0204. The monoisotopic (exact) mass is 1350 g/mol. The van der Waals surface area contributed by atoms with Gasteiger partial charge in [0.05, 0.1) is 32.0 Å². The van der Waals surface area contributed by atoms with Gasteiger partial charge in [0.2, 0.25) is 5.91 Å². The number of hydrogen-bond acceptors (Lipinski definition) is 13. The summed E-state index contributed by atoms with van der Waals surface area (Å²) in [6, 6.07) is -0.836. The maximum atomic E-state index is 13.4. The van der Waals surface area contributed by atoms with Crippen molar-refractivity contribution in [2.45, 2.75) is 408 Å². The van der Waals surface area contributed by atoms with Gasteiger partial charge in [-0.25, -0.2) is 0 Å². The van der Waals surface area contributed by atoms with Crippen LogP contribution in [0.1, 0.15) is 335 Å². The average Bonchev–Trinajstić information content (AvgIpc) is 0.797.